The number of amides is 1. The maximum absolute atomic E-state index is 12.6. The zero-order chi connectivity index (χ0) is 20.4. The topological polar surface area (TPSA) is 34.5 Å². The first-order valence-corrected chi connectivity index (χ1v) is 10.9. The second kappa shape index (κ2) is 8.61. The standard InChI is InChI=1S/C22H19ClN2O2S2/c1-2-25-21(26)20(29-22(25)28)13-15-14-24(19-6-4-3-5-18(15)19)11-12-27-17-9-7-16(23)8-10-17/h3-10,13-14H,2,11-12H2,1H3/b20-13-. The molecule has 3 aromatic rings. The van der Waals surface area contributed by atoms with Gasteiger partial charge < -0.3 is 9.30 Å². The number of aromatic nitrogens is 1. The molecule has 1 amide bonds. The molecule has 0 atom stereocenters. The van der Waals surface area contributed by atoms with Gasteiger partial charge >= 0.3 is 0 Å². The molecular weight excluding hydrogens is 424 g/mol. The molecule has 0 aliphatic carbocycles. The molecule has 1 saturated heterocycles. The molecule has 29 heavy (non-hydrogen) atoms. The summed E-state index contributed by atoms with van der Waals surface area (Å²) in [6, 6.07) is 15.5. The molecule has 1 fully saturated rings. The third kappa shape index (κ3) is 4.20. The number of benzene rings is 2. The lowest BCUT2D eigenvalue weighted by atomic mass is 10.1. The summed E-state index contributed by atoms with van der Waals surface area (Å²) in [7, 11) is 0. The third-order valence-electron chi connectivity index (χ3n) is 4.71. The molecule has 0 unspecified atom stereocenters. The Morgan fingerprint density at radius 1 is 1.17 bits per heavy atom. The van der Waals surface area contributed by atoms with Crippen LogP contribution in [0.25, 0.3) is 17.0 Å². The smallest absolute Gasteiger partial charge is 0.266 e. The fraction of sp³-hybridized carbons (Fsp3) is 0.182. The van der Waals surface area contributed by atoms with Crippen molar-refractivity contribution in [1.29, 1.82) is 0 Å². The number of rotatable bonds is 6. The van der Waals surface area contributed by atoms with Crippen molar-refractivity contribution < 1.29 is 9.53 Å². The number of fused-ring (bicyclic) bond motifs is 1. The Morgan fingerprint density at radius 3 is 2.66 bits per heavy atom. The van der Waals surface area contributed by atoms with Gasteiger partial charge in [0.15, 0.2) is 0 Å². The average molecular weight is 443 g/mol. The van der Waals surface area contributed by atoms with Crippen molar-refractivity contribution in [2.45, 2.75) is 13.5 Å². The number of halogens is 1. The van der Waals surface area contributed by atoms with Crippen molar-refractivity contribution >= 4 is 62.8 Å². The number of hydrogen-bond donors (Lipinski definition) is 0. The molecule has 4 rings (SSSR count). The highest BCUT2D eigenvalue weighted by Gasteiger charge is 2.30. The zero-order valence-corrected chi connectivity index (χ0v) is 18.2. The second-order valence-corrected chi connectivity index (χ2v) is 8.64. The van der Waals surface area contributed by atoms with E-state index in [4.69, 9.17) is 28.6 Å². The highest BCUT2D eigenvalue weighted by Crippen LogP contribution is 2.34. The molecule has 1 aliphatic heterocycles. The van der Waals surface area contributed by atoms with Gasteiger partial charge in [-0.15, -0.1) is 0 Å². The van der Waals surface area contributed by atoms with Gasteiger partial charge in [0.2, 0.25) is 0 Å². The maximum atomic E-state index is 12.6. The second-order valence-electron chi connectivity index (χ2n) is 6.52. The molecule has 0 bridgehead atoms. The van der Waals surface area contributed by atoms with Crippen molar-refractivity contribution in [3.8, 4) is 5.75 Å². The summed E-state index contributed by atoms with van der Waals surface area (Å²) in [5.41, 5.74) is 2.10. The molecule has 1 aliphatic rings. The van der Waals surface area contributed by atoms with E-state index in [0.29, 0.717) is 33.9 Å². The van der Waals surface area contributed by atoms with E-state index in [1.54, 1.807) is 4.90 Å². The first-order chi connectivity index (χ1) is 14.1. The number of carbonyl (C=O) groups is 1. The van der Waals surface area contributed by atoms with E-state index in [1.807, 2.05) is 49.4 Å². The number of para-hydroxylation sites is 1. The highest BCUT2D eigenvalue weighted by atomic mass is 35.5. The Morgan fingerprint density at radius 2 is 1.93 bits per heavy atom. The van der Waals surface area contributed by atoms with Crippen LogP contribution in [0.1, 0.15) is 12.5 Å². The summed E-state index contributed by atoms with van der Waals surface area (Å²) in [4.78, 5) is 14.9. The molecule has 148 valence electrons. The van der Waals surface area contributed by atoms with E-state index >= 15 is 0 Å². The number of likely N-dealkylation sites (N-methyl/N-ethyl adjacent to an activating group) is 1. The SMILES string of the molecule is CCN1C(=O)/C(=C/c2cn(CCOc3ccc(Cl)cc3)c3ccccc23)SC1=S. The normalized spacial score (nSPS) is 15.7. The van der Waals surface area contributed by atoms with Crippen LogP contribution in [0.4, 0.5) is 0 Å². The lowest BCUT2D eigenvalue weighted by molar-refractivity contribution is -0.121. The van der Waals surface area contributed by atoms with E-state index in [0.717, 1.165) is 22.2 Å². The van der Waals surface area contributed by atoms with E-state index in [1.165, 1.54) is 11.8 Å². The Hall–Kier alpha value is -2.28. The van der Waals surface area contributed by atoms with Gasteiger partial charge in [0, 0.05) is 34.2 Å². The van der Waals surface area contributed by atoms with Crippen molar-refractivity contribution in [1.82, 2.24) is 9.47 Å². The van der Waals surface area contributed by atoms with Crippen molar-refractivity contribution in [2.75, 3.05) is 13.2 Å². The van der Waals surface area contributed by atoms with Crippen LogP contribution in [-0.4, -0.2) is 32.8 Å². The number of hydrogen-bond acceptors (Lipinski definition) is 4. The van der Waals surface area contributed by atoms with Gasteiger partial charge in [-0.25, -0.2) is 0 Å². The van der Waals surface area contributed by atoms with Gasteiger partial charge in [0.05, 0.1) is 11.4 Å². The van der Waals surface area contributed by atoms with Gasteiger partial charge in [-0.2, -0.15) is 0 Å². The lowest BCUT2D eigenvalue weighted by Crippen LogP contribution is -2.27. The summed E-state index contributed by atoms with van der Waals surface area (Å²) in [5.74, 6) is 0.764. The van der Waals surface area contributed by atoms with Crippen LogP contribution >= 0.6 is 35.6 Å². The largest absolute Gasteiger partial charge is 0.492 e. The molecule has 2 heterocycles. The molecule has 0 N–H and O–H groups in total. The molecule has 2 aromatic carbocycles. The molecule has 0 radical (unpaired) electrons. The van der Waals surface area contributed by atoms with Gasteiger partial charge in [-0.05, 0) is 43.3 Å². The summed E-state index contributed by atoms with van der Waals surface area (Å²) in [5, 5.41) is 1.78. The Labute approximate surface area is 184 Å². The Kier molecular flexibility index (Phi) is 5.94. The number of ether oxygens (including phenoxy) is 1. The van der Waals surface area contributed by atoms with E-state index in [9.17, 15) is 4.79 Å². The minimum Gasteiger partial charge on any atom is -0.492 e. The number of nitrogens with zero attached hydrogens (tertiary/aromatic N) is 2. The number of thioether (sulfide) groups is 1. The minimum atomic E-state index is -0.0228. The fourth-order valence-corrected chi connectivity index (χ4v) is 4.78. The quantitative estimate of drug-likeness (QED) is 0.368. The molecule has 0 saturated carbocycles. The van der Waals surface area contributed by atoms with E-state index in [-0.39, 0.29) is 5.91 Å². The summed E-state index contributed by atoms with van der Waals surface area (Å²) < 4.78 is 8.60. The van der Waals surface area contributed by atoms with Crippen molar-refractivity contribution in [2.24, 2.45) is 0 Å². The molecule has 0 spiro atoms. The van der Waals surface area contributed by atoms with Gasteiger partial charge in [-0.3, -0.25) is 9.69 Å². The van der Waals surface area contributed by atoms with Crippen LogP contribution in [-0.2, 0) is 11.3 Å². The Balaban J connectivity index is 1.57. The van der Waals surface area contributed by atoms with Crippen molar-refractivity contribution in [3.63, 3.8) is 0 Å². The maximum Gasteiger partial charge on any atom is 0.266 e. The predicted octanol–water partition coefficient (Wildman–Crippen LogP) is 5.59. The van der Waals surface area contributed by atoms with Crippen LogP contribution < -0.4 is 4.74 Å². The zero-order valence-electron chi connectivity index (χ0n) is 15.8. The first-order valence-electron chi connectivity index (χ1n) is 9.28. The van der Waals surface area contributed by atoms with Crippen molar-refractivity contribution in [3.05, 3.63) is 70.2 Å². The van der Waals surface area contributed by atoms with Gasteiger partial charge in [-0.1, -0.05) is 53.8 Å². The van der Waals surface area contributed by atoms with Crippen LogP contribution in [0.3, 0.4) is 0 Å². The Bertz CT molecular complexity index is 1110. The molecule has 4 nitrogen and oxygen atoms in total. The van der Waals surface area contributed by atoms with Crippen LogP contribution in [0.2, 0.25) is 5.02 Å². The van der Waals surface area contributed by atoms with Crippen LogP contribution in [0.15, 0.2) is 59.6 Å². The first kappa shape index (κ1) is 20.0. The highest BCUT2D eigenvalue weighted by molar-refractivity contribution is 8.26. The molecule has 1 aromatic heterocycles. The van der Waals surface area contributed by atoms with Gasteiger partial charge in [0.1, 0.15) is 16.7 Å². The monoisotopic (exact) mass is 442 g/mol. The summed E-state index contributed by atoms with van der Waals surface area (Å²) in [6.07, 6.45) is 4.00. The van der Waals surface area contributed by atoms with E-state index in [2.05, 4.69) is 22.9 Å². The average Bonchev–Trinajstić information content (AvgIpc) is 3.20. The number of carbonyl (C=O) groups excluding carboxylic acids is 1. The van der Waals surface area contributed by atoms with Crippen LogP contribution in [0.5, 0.6) is 5.75 Å². The minimum absolute atomic E-state index is 0.0228. The number of thiocarbonyl (C=S) groups is 1. The molecule has 7 heteroatoms. The lowest BCUT2D eigenvalue weighted by Gasteiger charge is -2.09. The van der Waals surface area contributed by atoms with Gasteiger partial charge in [0.25, 0.3) is 5.91 Å². The predicted molar refractivity (Wildman–Crippen MR) is 124 cm³/mol. The molecular formula is C22H19ClN2O2S2. The third-order valence-corrected chi connectivity index (χ3v) is 6.34. The van der Waals surface area contributed by atoms with E-state index < -0.39 is 0 Å². The summed E-state index contributed by atoms with van der Waals surface area (Å²) in [6.45, 7) is 3.73. The fourth-order valence-electron chi connectivity index (χ4n) is 3.28. The summed E-state index contributed by atoms with van der Waals surface area (Å²) >= 11 is 12.6. The van der Waals surface area contributed by atoms with Crippen LogP contribution in [0, 0.1) is 0 Å².